The molecule has 0 radical (unpaired) electrons. The minimum absolute atomic E-state index is 0.445. The first-order valence-electron chi connectivity index (χ1n) is 5.65. The Morgan fingerprint density at radius 2 is 1.68 bits per heavy atom. The third-order valence-corrected chi connectivity index (χ3v) is 3.93. The van der Waals surface area contributed by atoms with Gasteiger partial charge in [-0.25, -0.2) is 4.79 Å². The SMILES string of the molecule is C[C@H](OC(=O)OC(C)(C)C(Cl)(Cl)Cl)c1ccccc1. The monoisotopic (exact) mass is 324 g/mol. The Hall–Kier alpha value is -0.640. The van der Waals surface area contributed by atoms with Gasteiger partial charge in [0, 0.05) is 0 Å². The molecule has 0 aromatic heterocycles. The van der Waals surface area contributed by atoms with Gasteiger partial charge in [-0.1, -0.05) is 65.1 Å². The largest absolute Gasteiger partial charge is 0.509 e. The molecule has 1 aromatic rings. The van der Waals surface area contributed by atoms with E-state index in [1.54, 1.807) is 6.92 Å². The van der Waals surface area contributed by atoms with Crippen molar-refractivity contribution in [3.63, 3.8) is 0 Å². The van der Waals surface area contributed by atoms with Crippen LogP contribution >= 0.6 is 34.8 Å². The van der Waals surface area contributed by atoms with E-state index in [4.69, 9.17) is 44.3 Å². The number of benzene rings is 1. The molecule has 0 saturated heterocycles. The zero-order chi connectivity index (χ0) is 14.7. The van der Waals surface area contributed by atoms with Gasteiger partial charge in [-0.05, 0) is 26.3 Å². The maximum absolute atomic E-state index is 11.7. The molecule has 1 rings (SSSR count). The summed E-state index contributed by atoms with van der Waals surface area (Å²) in [6, 6.07) is 9.27. The van der Waals surface area contributed by atoms with Crippen LogP contribution in [0.25, 0.3) is 0 Å². The van der Waals surface area contributed by atoms with E-state index < -0.39 is 21.7 Å². The maximum atomic E-state index is 11.7. The third kappa shape index (κ3) is 4.75. The summed E-state index contributed by atoms with van der Waals surface area (Å²) in [6.45, 7) is 4.72. The number of alkyl halides is 3. The molecular formula is C13H15Cl3O3. The quantitative estimate of drug-likeness (QED) is 0.576. The highest BCUT2D eigenvalue weighted by Crippen LogP contribution is 2.40. The van der Waals surface area contributed by atoms with Crippen molar-refractivity contribution in [1.29, 1.82) is 0 Å². The van der Waals surface area contributed by atoms with Crippen LogP contribution in [0.4, 0.5) is 4.79 Å². The van der Waals surface area contributed by atoms with Crippen LogP contribution in [0, 0.1) is 0 Å². The fourth-order valence-electron chi connectivity index (χ4n) is 1.23. The van der Waals surface area contributed by atoms with E-state index in [0.29, 0.717) is 0 Å². The van der Waals surface area contributed by atoms with Gasteiger partial charge in [-0.15, -0.1) is 0 Å². The first kappa shape index (κ1) is 16.4. The molecule has 106 valence electrons. The van der Waals surface area contributed by atoms with Crippen LogP contribution in [0.2, 0.25) is 0 Å². The van der Waals surface area contributed by atoms with Gasteiger partial charge in [0.1, 0.15) is 6.10 Å². The molecule has 0 spiro atoms. The second-order valence-corrected chi connectivity index (χ2v) is 6.81. The van der Waals surface area contributed by atoms with Crippen LogP contribution < -0.4 is 0 Å². The van der Waals surface area contributed by atoms with Gasteiger partial charge in [0.15, 0.2) is 5.60 Å². The van der Waals surface area contributed by atoms with E-state index in [2.05, 4.69) is 0 Å². The van der Waals surface area contributed by atoms with Crippen molar-refractivity contribution < 1.29 is 14.3 Å². The van der Waals surface area contributed by atoms with E-state index in [9.17, 15) is 4.79 Å². The van der Waals surface area contributed by atoms with Gasteiger partial charge >= 0.3 is 6.16 Å². The van der Waals surface area contributed by atoms with Crippen molar-refractivity contribution in [3.05, 3.63) is 35.9 Å². The molecule has 19 heavy (non-hydrogen) atoms. The maximum Gasteiger partial charge on any atom is 0.509 e. The molecule has 0 fully saturated rings. The fourth-order valence-corrected chi connectivity index (χ4v) is 1.34. The van der Waals surface area contributed by atoms with E-state index in [0.717, 1.165) is 5.56 Å². The first-order chi connectivity index (χ1) is 8.63. The molecule has 0 unspecified atom stereocenters. The van der Waals surface area contributed by atoms with Gasteiger partial charge in [0.2, 0.25) is 3.79 Å². The second kappa shape index (κ2) is 6.21. The fraction of sp³-hybridized carbons (Fsp3) is 0.462. The van der Waals surface area contributed by atoms with E-state index in [-0.39, 0.29) is 0 Å². The summed E-state index contributed by atoms with van der Waals surface area (Å²) in [4.78, 5) is 11.7. The Labute approximate surface area is 127 Å². The smallest absolute Gasteiger partial charge is 0.426 e. The Bertz CT molecular complexity index is 427. The Kier molecular flexibility index (Phi) is 5.36. The predicted molar refractivity (Wildman–Crippen MR) is 76.8 cm³/mol. The molecule has 6 heteroatoms. The van der Waals surface area contributed by atoms with Crippen LogP contribution in [-0.4, -0.2) is 15.5 Å². The van der Waals surface area contributed by atoms with Crippen LogP contribution in [-0.2, 0) is 9.47 Å². The minimum Gasteiger partial charge on any atom is -0.426 e. The number of ether oxygens (including phenoxy) is 2. The average Bonchev–Trinajstić information content (AvgIpc) is 2.27. The zero-order valence-corrected chi connectivity index (χ0v) is 13.1. The number of carbonyl (C=O) groups excluding carboxylic acids is 1. The van der Waals surface area contributed by atoms with Crippen molar-refractivity contribution in [2.75, 3.05) is 0 Å². The van der Waals surface area contributed by atoms with Gasteiger partial charge in [0.25, 0.3) is 0 Å². The Morgan fingerprint density at radius 3 is 2.16 bits per heavy atom. The third-order valence-electron chi connectivity index (χ3n) is 2.56. The van der Waals surface area contributed by atoms with Crippen molar-refractivity contribution in [1.82, 2.24) is 0 Å². The Morgan fingerprint density at radius 1 is 1.16 bits per heavy atom. The van der Waals surface area contributed by atoms with Gasteiger partial charge in [-0.3, -0.25) is 0 Å². The van der Waals surface area contributed by atoms with Crippen LogP contribution in [0.1, 0.15) is 32.4 Å². The highest BCUT2D eigenvalue weighted by molar-refractivity contribution is 6.68. The van der Waals surface area contributed by atoms with E-state index in [1.165, 1.54) is 13.8 Å². The molecule has 0 aliphatic heterocycles. The van der Waals surface area contributed by atoms with Gasteiger partial charge < -0.3 is 9.47 Å². The summed E-state index contributed by atoms with van der Waals surface area (Å²) in [6.07, 6.45) is -1.33. The standard InChI is InChI=1S/C13H15Cl3O3/c1-9(10-7-5-4-6-8-10)18-11(17)19-12(2,3)13(14,15)16/h4-9H,1-3H3/t9-/m0/s1. The number of hydrogen-bond donors (Lipinski definition) is 0. The normalized spacial score (nSPS) is 13.8. The second-order valence-electron chi connectivity index (χ2n) is 4.53. The number of rotatable bonds is 3. The zero-order valence-electron chi connectivity index (χ0n) is 10.8. The van der Waals surface area contributed by atoms with Crippen molar-refractivity contribution in [2.24, 2.45) is 0 Å². The lowest BCUT2D eigenvalue weighted by molar-refractivity contribution is -0.0301. The van der Waals surface area contributed by atoms with E-state index in [1.807, 2.05) is 30.3 Å². The molecule has 0 saturated carbocycles. The molecule has 0 heterocycles. The molecule has 0 aliphatic rings. The molecule has 3 nitrogen and oxygen atoms in total. The summed E-state index contributed by atoms with van der Waals surface area (Å²) in [5.41, 5.74) is -0.434. The Balaban J connectivity index is 2.62. The minimum atomic E-state index is -1.73. The number of carbonyl (C=O) groups is 1. The molecule has 0 bridgehead atoms. The van der Waals surface area contributed by atoms with Crippen LogP contribution in [0.5, 0.6) is 0 Å². The molecular weight excluding hydrogens is 310 g/mol. The van der Waals surface area contributed by atoms with Crippen molar-refractivity contribution in [2.45, 2.75) is 36.3 Å². The van der Waals surface area contributed by atoms with Gasteiger partial charge in [-0.2, -0.15) is 0 Å². The summed E-state index contributed by atoms with van der Waals surface area (Å²) in [7, 11) is 0. The first-order valence-corrected chi connectivity index (χ1v) is 6.78. The highest BCUT2D eigenvalue weighted by Gasteiger charge is 2.44. The van der Waals surface area contributed by atoms with Crippen molar-refractivity contribution in [3.8, 4) is 0 Å². The lowest BCUT2D eigenvalue weighted by atomic mass is 10.1. The highest BCUT2D eigenvalue weighted by atomic mass is 35.6. The average molecular weight is 326 g/mol. The van der Waals surface area contributed by atoms with Crippen LogP contribution in [0.3, 0.4) is 0 Å². The summed E-state index contributed by atoms with van der Waals surface area (Å²) in [5.74, 6) is 0. The topological polar surface area (TPSA) is 35.5 Å². The molecule has 0 amide bonds. The predicted octanol–water partition coefficient (Wildman–Crippen LogP) is 5.05. The number of halogens is 3. The lowest BCUT2D eigenvalue weighted by Crippen LogP contribution is -2.41. The molecule has 1 aromatic carbocycles. The van der Waals surface area contributed by atoms with Crippen LogP contribution in [0.15, 0.2) is 30.3 Å². The lowest BCUT2D eigenvalue weighted by Gasteiger charge is -2.31. The van der Waals surface area contributed by atoms with Crippen molar-refractivity contribution >= 4 is 41.0 Å². The van der Waals surface area contributed by atoms with Gasteiger partial charge in [0.05, 0.1) is 0 Å². The molecule has 0 N–H and O–H groups in total. The molecule has 1 atom stereocenters. The number of hydrogen-bond acceptors (Lipinski definition) is 3. The van der Waals surface area contributed by atoms with E-state index >= 15 is 0 Å². The molecule has 0 aliphatic carbocycles. The summed E-state index contributed by atoms with van der Waals surface area (Å²) < 4.78 is 8.43. The summed E-state index contributed by atoms with van der Waals surface area (Å²) in [5, 5.41) is 0. The summed E-state index contributed by atoms with van der Waals surface area (Å²) >= 11 is 17.2.